The average Bonchev–Trinajstić information content (AvgIpc) is 3.66. The Kier molecular flexibility index (Phi) is 5.55. The van der Waals surface area contributed by atoms with E-state index < -0.39 is 0 Å². The van der Waals surface area contributed by atoms with Crippen LogP contribution in [-0.4, -0.2) is 46.1 Å². The Morgan fingerprint density at radius 2 is 2.00 bits per heavy atom. The number of likely N-dealkylation sites (tertiary alicyclic amines) is 1. The van der Waals surface area contributed by atoms with Crippen molar-refractivity contribution in [1.29, 1.82) is 0 Å². The minimum absolute atomic E-state index is 0.0561. The molecule has 0 radical (unpaired) electrons. The quantitative estimate of drug-likeness (QED) is 0.438. The highest BCUT2D eigenvalue weighted by atomic mass is 16.3. The Morgan fingerprint density at radius 3 is 2.79 bits per heavy atom. The van der Waals surface area contributed by atoms with Crippen molar-refractivity contribution in [3.8, 4) is 5.75 Å². The van der Waals surface area contributed by atoms with Crippen LogP contribution in [0, 0.1) is 23.2 Å². The summed E-state index contributed by atoms with van der Waals surface area (Å²) in [5, 5.41) is 14.8. The summed E-state index contributed by atoms with van der Waals surface area (Å²) in [6, 6.07) is 15.3. The summed E-state index contributed by atoms with van der Waals surface area (Å²) in [7, 11) is 0. The van der Waals surface area contributed by atoms with Crippen molar-refractivity contribution in [2.24, 2.45) is 23.2 Å². The maximum atomic E-state index is 13.8. The third kappa shape index (κ3) is 3.63. The number of phenols is 1. The number of rotatable bonds is 5. The molecule has 6 heteroatoms. The number of fused-ring (bicyclic) bond motifs is 2. The molecule has 39 heavy (non-hydrogen) atoms. The van der Waals surface area contributed by atoms with Gasteiger partial charge >= 0.3 is 0 Å². The van der Waals surface area contributed by atoms with Crippen molar-refractivity contribution < 1.29 is 9.90 Å². The molecule has 1 saturated heterocycles. The van der Waals surface area contributed by atoms with E-state index in [1.807, 2.05) is 36.4 Å². The number of aromatic nitrogens is 1. The number of phenolic OH excluding ortho intramolecular Hbond substituents is 1. The molecule has 2 saturated carbocycles. The highest BCUT2D eigenvalue weighted by molar-refractivity contribution is 6.06. The maximum Gasteiger partial charge on any atom is 0.252 e. The molecule has 3 fully saturated rings. The molecule has 2 heterocycles. The topological polar surface area (TPSA) is 85.4 Å². The lowest BCUT2D eigenvalue weighted by Crippen LogP contribution is -2.67. The van der Waals surface area contributed by atoms with Gasteiger partial charge in [0, 0.05) is 41.0 Å². The van der Waals surface area contributed by atoms with Crippen LogP contribution in [0.2, 0.25) is 0 Å². The van der Waals surface area contributed by atoms with Crippen LogP contribution in [0.15, 0.2) is 53.3 Å². The van der Waals surface area contributed by atoms with Crippen LogP contribution in [0.25, 0.3) is 10.9 Å². The number of pyridine rings is 1. The number of H-pyrrole nitrogens is 1. The van der Waals surface area contributed by atoms with Crippen molar-refractivity contribution in [1.82, 2.24) is 15.2 Å². The van der Waals surface area contributed by atoms with Gasteiger partial charge in [-0.15, -0.1) is 0 Å². The van der Waals surface area contributed by atoms with E-state index in [-0.39, 0.29) is 34.3 Å². The highest BCUT2D eigenvalue weighted by Gasteiger charge is 2.69. The zero-order chi connectivity index (χ0) is 27.1. The first-order valence-electron chi connectivity index (χ1n) is 14.7. The number of nitrogens with one attached hydrogen (secondary N) is 2. The fourth-order valence-electron chi connectivity index (χ4n) is 9.49. The smallest absolute Gasteiger partial charge is 0.252 e. The van der Waals surface area contributed by atoms with Gasteiger partial charge in [-0.3, -0.25) is 14.5 Å². The summed E-state index contributed by atoms with van der Waals surface area (Å²) in [6.07, 6.45) is 5.88. The molecule has 4 aliphatic rings. The molecular formula is C33H39N3O3. The zero-order valence-electron chi connectivity index (χ0n) is 23.2. The van der Waals surface area contributed by atoms with E-state index in [2.05, 4.69) is 42.0 Å². The molecular weight excluding hydrogens is 486 g/mol. The van der Waals surface area contributed by atoms with E-state index in [1.165, 1.54) is 36.6 Å². The standard InChI is InChI=1S/C33H39N3O3/c1-19-17-32(3)28-14-22-10-11-23(37)15-26(22)33(32,12-13-36(28)18-21-8-9-21)30(19)20(2)34-31(39)25-16-29(38)35-27-7-5-4-6-24(25)27/h4-7,10-11,15-16,19-21,28,30,37H,8-9,12-14,17-18H2,1-3H3,(H,34,39)(H,35,38)/t19-,20?,28?,30?,32?,33?/m0/s1. The summed E-state index contributed by atoms with van der Waals surface area (Å²) >= 11 is 0. The second-order valence-electron chi connectivity index (χ2n) is 13.2. The summed E-state index contributed by atoms with van der Waals surface area (Å²) in [5.74, 6) is 1.59. The predicted octanol–water partition coefficient (Wildman–Crippen LogP) is 4.99. The number of hydrogen-bond donors (Lipinski definition) is 3. The lowest BCUT2D eigenvalue weighted by atomic mass is 9.48. The number of piperidine rings is 1. The molecule has 7 rings (SSSR count). The molecule has 1 aromatic heterocycles. The summed E-state index contributed by atoms with van der Waals surface area (Å²) < 4.78 is 0. The molecule has 1 amide bonds. The van der Waals surface area contributed by atoms with Crippen LogP contribution < -0.4 is 10.9 Å². The van der Waals surface area contributed by atoms with E-state index in [9.17, 15) is 14.7 Å². The molecule has 0 spiro atoms. The number of aromatic hydroxyl groups is 1. The molecule has 2 aromatic carbocycles. The van der Waals surface area contributed by atoms with Gasteiger partial charge in [0.05, 0.1) is 5.56 Å². The van der Waals surface area contributed by atoms with Gasteiger partial charge in [-0.2, -0.15) is 0 Å². The van der Waals surface area contributed by atoms with Crippen LogP contribution in [-0.2, 0) is 11.8 Å². The van der Waals surface area contributed by atoms with Crippen LogP contribution in [0.3, 0.4) is 0 Å². The second-order valence-corrected chi connectivity index (χ2v) is 13.2. The Hall–Kier alpha value is -3.12. The Labute approximate surface area is 229 Å². The minimum atomic E-state index is -0.269. The third-order valence-corrected chi connectivity index (χ3v) is 11.0. The molecule has 6 atom stereocenters. The molecule has 3 N–H and O–H groups in total. The number of benzene rings is 2. The van der Waals surface area contributed by atoms with Gasteiger partial charge in [0.25, 0.3) is 5.91 Å². The maximum absolute atomic E-state index is 13.8. The first-order chi connectivity index (χ1) is 18.7. The number of aromatic amines is 1. The van der Waals surface area contributed by atoms with E-state index in [4.69, 9.17) is 0 Å². The van der Waals surface area contributed by atoms with Gasteiger partial charge in [-0.05, 0) is 98.1 Å². The summed E-state index contributed by atoms with van der Waals surface area (Å²) in [4.78, 5) is 31.8. The minimum Gasteiger partial charge on any atom is -0.508 e. The first kappa shape index (κ1) is 24.9. The molecule has 3 aliphatic carbocycles. The third-order valence-electron chi connectivity index (χ3n) is 11.0. The average molecular weight is 526 g/mol. The van der Waals surface area contributed by atoms with Crippen molar-refractivity contribution in [3.05, 3.63) is 75.6 Å². The van der Waals surface area contributed by atoms with Crippen LogP contribution in [0.4, 0.5) is 0 Å². The number of carbonyl (C=O) groups excluding carboxylic acids is 1. The van der Waals surface area contributed by atoms with Crippen molar-refractivity contribution in [2.75, 3.05) is 13.1 Å². The molecule has 6 nitrogen and oxygen atoms in total. The SMILES string of the molecule is CC(NC(=O)c1cc(=O)[nH]c2ccccc12)C1[C@@H](C)CC2(C)C3Cc4ccc(O)cc4C12CCN3CC1CC1. The first-order valence-corrected chi connectivity index (χ1v) is 14.7. The number of carbonyl (C=O) groups is 1. The summed E-state index contributed by atoms with van der Waals surface area (Å²) in [6.45, 7) is 9.27. The number of para-hydroxylation sites is 1. The number of nitrogens with zero attached hydrogens (tertiary/aromatic N) is 1. The fraction of sp³-hybridized carbons (Fsp3) is 0.515. The van der Waals surface area contributed by atoms with Gasteiger partial charge in [0.1, 0.15) is 5.75 Å². The van der Waals surface area contributed by atoms with Gasteiger partial charge in [-0.25, -0.2) is 0 Å². The van der Waals surface area contributed by atoms with Gasteiger partial charge in [0.15, 0.2) is 0 Å². The Bertz CT molecular complexity index is 1530. The monoisotopic (exact) mass is 525 g/mol. The molecule has 2 bridgehead atoms. The Balaban J connectivity index is 1.29. The normalized spacial score (nSPS) is 32.4. The predicted molar refractivity (Wildman–Crippen MR) is 153 cm³/mol. The van der Waals surface area contributed by atoms with E-state index in [0.717, 1.165) is 37.1 Å². The largest absolute Gasteiger partial charge is 0.508 e. The van der Waals surface area contributed by atoms with Crippen LogP contribution in [0.5, 0.6) is 5.75 Å². The van der Waals surface area contributed by atoms with Crippen molar-refractivity contribution in [2.45, 2.75) is 70.4 Å². The Morgan fingerprint density at radius 1 is 1.21 bits per heavy atom. The van der Waals surface area contributed by atoms with Crippen LogP contribution in [0.1, 0.15) is 67.9 Å². The number of amides is 1. The van der Waals surface area contributed by atoms with Crippen LogP contribution >= 0.6 is 0 Å². The highest BCUT2D eigenvalue weighted by Crippen LogP contribution is 2.69. The van der Waals surface area contributed by atoms with Crippen molar-refractivity contribution >= 4 is 16.8 Å². The molecule has 204 valence electrons. The van der Waals surface area contributed by atoms with E-state index >= 15 is 0 Å². The van der Waals surface area contributed by atoms with Gasteiger partial charge < -0.3 is 15.4 Å². The molecule has 5 unspecified atom stereocenters. The molecule has 1 aliphatic heterocycles. The van der Waals surface area contributed by atoms with Crippen molar-refractivity contribution in [3.63, 3.8) is 0 Å². The lowest BCUT2D eigenvalue weighted by Gasteiger charge is -2.63. The van der Waals surface area contributed by atoms with Gasteiger partial charge in [-0.1, -0.05) is 38.1 Å². The number of hydrogen-bond acceptors (Lipinski definition) is 4. The second kappa shape index (κ2) is 8.69. The van der Waals surface area contributed by atoms with E-state index in [1.54, 1.807) is 0 Å². The summed E-state index contributed by atoms with van der Waals surface area (Å²) in [5.41, 5.74) is 3.40. The van der Waals surface area contributed by atoms with E-state index in [0.29, 0.717) is 28.8 Å². The van der Waals surface area contributed by atoms with Gasteiger partial charge in [0.2, 0.25) is 5.56 Å². The molecule has 3 aromatic rings. The fourth-order valence-corrected chi connectivity index (χ4v) is 9.49. The lowest BCUT2D eigenvalue weighted by molar-refractivity contribution is -0.0581. The zero-order valence-corrected chi connectivity index (χ0v) is 23.2.